The van der Waals surface area contributed by atoms with Gasteiger partial charge < -0.3 is 4.74 Å². The van der Waals surface area contributed by atoms with Gasteiger partial charge in [-0.1, -0.05) is 25.1 Å². The molecule has 0 heterocycles. The van der Waals surface area contributed by atoms with Crippen molar-refractivity contribution >= 4 is 5.78 Å². The number of benzene rings is 2. The van der Waals surface area contributed by atoms with Crippen molar-refractivity contribution < 1.29 is 18.3 Å². The van der Waals surface area contributed by atoms with Crippen LogP contribution in [0.25, 0.3) is 0 Å². The van der Waals surface area contributed by atoms with Crippen molar-refractivity contribution in [2.45, 2.75) is 19.8 Å². The maximum Gasteiger partial charge on any atom is 0.171 e. The Balaban J connectivity index is 2.20. The molecule has 0 saturated carbocycles. The first-order chi connectivity index (χ1) is 10.1. The Morgan fingerprint density at radius 2 is 1.90 bits per heavy atom. The maximum atomic E-state index is 13.6. The van der Waals surface area contributed by atoms with Gasteiger partial charge in [0.1, 0.15) is 17.4 Å². The predicted octanol–water partition coefficient (Wildman–Crippen LogP) is 4.18. The number of halogens is 2. The van der Waals surface area contributed by atoms with Gasteiger partial charge in [0.2, 0.25) is 0 Å². The Bertz CT molecular complexity index is 638. The highest BCUT2D eigenvalue weighted by Crippen LogP contribution is 2.21. The summed E-state index contributed by atoms with van der Waals surface area (Å²) in [5.74, 6) is -1.13. The SMILES string of the molecule is CCCOc1ccccc1C(=O)Cc1ccc(F)cc1F. The number of carbonyl (C=O) groups is 1. The fourth-order valence-corrected chi connectivity index (χ4v) is 1.97. The van der Waals surface area contributed by atoms with Gasteiger partial charge in [-0.05, 0) is 30.2 Å². The van der Waals surface area contributed by atoms with Crippen LogP contribution in [0.15, 0.2) is 42.5 Å². The lowest BCUT2D eigenvalue weighted by atomic mass is 10.0. The molecule has 21 heavy (non-hydrogen) atoms. The summed E-state index contributed by atoms with van der Waals surface area (Å²) in [6.45, 7) is 2.48. The number of carbonyl (C=O) groups excluding carboxylic acids is 1. The average Bonchev–Trinajstić information content (AvgIpc) is 2.48. The number of hydrogen-bond acceptors (Lipinski definition) is 2. The summed E-state index contributed by atoms with van der Waals surface area (Å²) < 4.78 is 32.0. The minimum Gasteiger partial charge on any atom is -0.493 e. The van der Waals surface area contributed by atoms with E-state index in [1.54, 1.807) is 24.3 Å². The maximum absolute atomic E-state index is 13.6. The van der Waals surface area contributed by atoms with E-state index in [2.05, 4.69) is 0 Å². The van der Waals surface area contributed by atoms with E-state index in [0.717, 1.165) is 18.6 Å². The fraction of sp³-hybridized carbons (Fsp3) is 0.235. The van der Waals surface area contributed by atoms with Crippen molar-refractivity contribution in [3.8, 4) is 5.75 Å². The monoisotopic (exact) mass is 290 g/mol. The highest BCUT2D eigenvalue weighted by atomic mass is 19.1. The minimum absolute atomic E-state index is 0.126. The zero-order valence-electron chi connectivity index (χ0n) is 11.7. The fourth-order valence-electron chi connectivity index (χ4n) is 1.97. The van der Waals surface area contributed by atoms with Gasteiger partial charge in [0.15, 0.2) is 5.78 Å². The van der Waals surface area contributed by atoms with Crippen LogP contribution in [0.5, 0.6) is 5.75 Å². The summed E-state index contributed by atoms with van der Waals surface area (Å²) in [7, 11) is 0. The number of Topliss-reactive ketones (excluding diaryl/α,β-unsaturated/α-hetero) is 1. The number of rotatable bonds is 6. The molecule has 0 aliphatic heterocycles. The first-order valence-electron chi connectivity index (χ1n) is 6.80. The normalized spacial score (nSPS) is 10.4. The first kappa shape index (κ1) is 15.2. The van der Waals surface area contributed by atoms with Crippen molar-refractivity contribution in [2.24, 2.45) is 0 Å². The second-order valence-electron chi connectivity index (χ2n) is 4.68. The summed E-state index contributed by atoms with van der Waals surface area (Å²) in [5.41, 5.74) is 0.585. The van der Waals surface area contributed by atoms with Crippen molar-refractivity contribution in [1.29, 1.82) is 0 Å². The molecule has 2 aromatic carbocycles. The minimum atomic E-state index is -0.713. The number of ether oxygens (including phenoxy) is 1. The Hall–Kier alpha value is -2.23. The quantitative estimate of drug-likeness (QED) is 0.746. The summed E-state index contributed by atoms with van der Waals surface area (Å²) in [6.07, 6.45) is 0.702. The predicted molar refractivity (Wildman–Crippen MR) is 76.6 cm³/mol. The molecular weight excluding hydrogens is 274 g/mol. The van der Waals surface area contributed by atoms with Crippen molar-refractivity contribution in [3.05, 3.63) is 65.2 Å². The van der Waals surface area contributed by atoms with Crippen LogP contribution in [0.1, 0.15) is 29.3 Å². The van der Waals surface area contributed by atoms with Crippen LogP contribution in [-0.2, 0) is 6.42 Å². The van der Waals surface area contributed by atoms with Gasteiger partial charge in [-0.15, -0.1) is 0 Å². The zero-order valence-corrected chi connectivity index (χ0v) is 11.7. The summed E-state index contributed by atoms with van der Waals surface area (Å²) in [5, 5.41) is 0. The Kier molecular flexibility index (Phi) is 5.04. The van der Waals surface area contributed by atoms with Crippen LogP contribution < -0.4 is 4.74 Å². The molecule has 0 radical (unpaired) electrons. The topological polar surface area (TPSA) is 26.3 Å². The van der Waals surface area contributed by atoms with Crippen LogP contribution in [0.4, 0.5) is 8.78 Å². The van der Waals surface area contributed by atoms with E-state index in [9.17, 15) is 13.6 Å². The molecule has 0 aliphatic carbocycles. The van der Waals surface area contributed by atoms with E-state index in [1.165, 1.54) is 6.07 Å². The van der Waals surface area contributed by atoms with E-state index in [-0.39, 0.29) is 17.8 Å². The smallest absolute Gasteiger partial charge is 0.171 e. The lowest BCUT2D eigenvalue weighted by molar-refractivity contribution is 0.0988. The van der Waals surface area contributed by atoms with Gasteiger partial charge in [-0.2, -0.15) is 0 Å². The summed E-state index contributed by atoms with van der Waals surface area (Å²) in [4.78, 5) is 12.3. The molecule has 0 amide bonds. The Morgan fingerprint density at radius 3 is 2.62 bits per heavy atom. The molecule has 2 nitrogen and oxygen atoms in total. The van der Waals surface area contributed by atoms with Crippen LogP contribution >= 0.6 is 0 Å². The summed E-state index contributed by atoms with van der Waals surface area (Å²) >= 11 is 0. The van der Waals surface area contributed by atoms with Crippen LogP contribution in [-0.4, -0.2) is 12.4 Å². The third-order valence-electron chi connectivity index (χ3n) is 3.02. The molecule has 2 aromatic rings. The number of ketones is 1. The van der Waals surface area contributed by atoms with E-state index >= 15 is 0 Å². The molecule has 0 fully saturated rings. The molecule has 2 rings (SSSR count). The Labute approximate surface area is 122 Å². The molecule has 0 unspecified atom stereocenters. The van der Waals surface area contributed by atoms with Gasteiger partial charge in [0.05, 0.1) is 12.2 Å². The molecule has 0 atom stereocenters. The first-order valence-corrected chi connectivity index (χ1v) is 6.80. The molecule has 0 N–H and O–H groups in total. The number of hydrogen-bond donors (Lipinski definition) is 0. The van der Waals surface area contributed by atoms with Gasteiger partial charge in [0, 0.05) is 12.5 Å². The third-order valence-corrected chi connectivity index (χ3v) is 3.02. The molecule has 0 aromatic heterocycles. The highest BCUT2D eigenvalue weighted by Gasteiger charge is 2.15. The molecule has 0 spiro atoms. The summed E-state index contributed by atoms with van der Waals surface area (Å²) in [6, 6.07) is 10.1. The zero-order chi connectivity index (χ0) is 15.2. The largest absolute Gasteiger partial charge is 0.493 e. The molecule has 0 aliphatic rings. The standard InChI is InChI=1S/C17H16F2O2/c1-2-9-21-17-6-4-3-5-14(17)16(20)10-12-7-8-13(18)11-15(12)19/h3-8,11H,2,9-10H2,1H3. The van der Waals surface area contributed by atoms with Crippen LogP contribution in [0.3, 0.4) is 0 Å². The third kappa shape index (κ3) is 3.88. The van der Waals surface area contributed by atoms with E-state index in [4.69, 9.17) is 4.74 Å². The average molecular weight is 290 g/mol. The number of para-hydroxylation sites is 1. The lowest BCUT2D eigenvalue weighted by Crippen LogP contribution is -2.08. The lowest BCUT2D eigenvalue weighted by Gasteiger charge is -2.10. The van der Waals surface area contributed by atoms with Crippen LogP contribution in [0, 0.1) is 11.6 Å². The second-order valence-corrected chi connectivity index (χ2v) is 4.68. The van der Waals surface area contributed by atoms with Gasteiger partial charge >= 0.3 is 0 Å². The van der Waals surface area contributed by atoms with Crippen LogP contribution in [0.2, 0.25) is 0 Å². The molecule has 0 saturated heterocycles. The van der Waals surface area contributed by atoms with Gasteiger partial charge in [-0.3, -0.25) is 4.79 Å². The van der Waals surface area contributed by atoms with Crippen molar-refractivity contribution in [2.75, 3.05) is 6.61 Å². The Morgan fingerprint density at radius 1 is 1.14 bits per heavy atom. The van der Waals surface area contributed by atoms with E-state index in [1.807, 2.05) is 6.92 Å². The van der Waals surface area contributed by atoms with Crippen molar-refractivity contribution in [1.82, 2.24) is 0 Å². The second kappa shape index (κ2) is 6.97. The van der Waals surface area contributed by atoms with Gasteiger partial charge in [-0.25, -0.2) is 8.78 Å². The molecule has 0 bridgehead atoms. The van der Waals surface area contributed by atoms with E-state index < -0.39 is 11.6 Å². The molecule has 110 valence electrons. The van der Waals surface area contributed by atoms with Gasteiger partial charge in [0.25, 0.3) is 0 Å². The molecular formula is C17H16F2O2. The van der Waals surface area contributed by atoms with Crippen molar-refractivity contribution in [3.63, 3.8) is 0 Å². The molecule has 4 heteroatoms. The van der Waals surface area contributed by atoms with E-state index in [0.29, 0.717) is 17.9 Å². The highest BCUT2D eigenvalue weighted by molar-refractivity contribution is 5.99.